The van der Waals surface area contributed by atoms with Crippen LogP contribution in [0.3, 0.4) is 0 Å². The lowest BCUT2D eigenvalue weighted by atomic mass is 9.86. The maximum absolute atomic E-state index is 4.15. The molecular weight excluding hydrogens is 156 g/mol. The molecule has 1 heterocycles. The summed E-state index contributed by atoms with van der Waals surface area (Å²) < 4.78 is 0. The second-order valence-corrected chi connectivity index (χ2v) is 3.91. The van der Waals surface area contributed by atoms with Crippen LogP contribution in [0.4, 0.5) is 5.13 Å². The molecule has 2 nitrogen and oxygen atoms in total. The second kappa shape index (κ2) is 3.22. The van der Waals surface area contributed by atoms with Gasteiger partial charge in [0, 0.05) is 18.1 Å². The number of hydrogen-bond acceptors (Lipinski definition) is 3. The highest BCUT2D eigenvalue weighted by Crippen LogP contribution is 2.26. The molecule has 0 spiro atoms. The van der Waals surface area contributed by atoms with Crippen LogP contribution in [0.1, 0.15) is 19.3 Å². The summed E-state index contributed by atoms with van der Waals surface area (Å²) in [4.78, 5) is 4.15. The molecule has 0 aliphatic heterocycles. The zero-order chi connectivity index (χ0) is 7.52. The van der Waals surface area contributed by atoms with E-state index in [1.807, 2.05) is 11.6 Å². The highest BCUT2D eigenvalue weighted by molar-refractivity contribution is 7.13. The first-order valence-corrected chi connectivity index (χ1v) is 4.96. The fourth-order valence-electron chi connectivity index (χ4n) is 1.24. The molecule has 11 heavy (non-hydrogen) atoms. The van der Waals surface area contributed by atoms with Crippen molar-refractivity contribution in [3.05, 3.63) is 11.6 Å². The molecule has 0 unspecified atom stereocenters. The van der Waals surface area contributed by atoms with Crippen molar-refractivity contribution in [1.29, 1.82) is 0 Å². The highest BCUT2D eigenvalue weighted by Gasteiger charge is 2.16. The van der Waals surface area contributed by atoms with E-state index in [1.165, 1.54) is 19.3 Å². The molecule has 2 rings (SSSR count). The number of thiazole rings is 1. The van der Waals surface area contributed by atoms with Crippen molar-refractivity contribution < 1.29 is 0 Å². The SMILES string of the molecule is c1csc(NCC2CCC2)n1. The molecule has 1 N–H and O–H groups in total. The van der Waals surface area contributed by atoms with Crippen molar-refractivity contribution in [3.63, 3.8) is 0 Å². The molecule has 1 saturated carbocycles. The molecule has 60 valence electrons. The van der Waals surface area contributed by atoms with Gasteiger partial charge in [-0.2, -0.15) is 0 Å². The summed E-state index contributed by atoms with van der Waals surface area (Å²) in [5.41, 5.74) is 0. The second-order valence-electron chi connectivity index (χ2n) is 3.02. The fraction of sp³-hybridized carbons (Fsp3) is 0.625. The predicted octanol–water partition coefficient (Wildman–Crippen LogP) is 2.36. The van der Waals surface area contributed by atoms with Gasteiger partial charge in [-0.3, -0.25) is 0 Å². The number of rotatable bonds is 3. The van der Waals surface area contributed by atoms with Crippen LogP contribution in [0.5, 0.6) is 0 Å². The molecule has 0 amide bonds. The third-order valence-electron chi connectivity index (χ3n) is 2.20. The standard InChI is InChI=1S/C8H12N2S/c1-2-7(3-1)6-10-8-9-4-5-11-8/h4-5,7H,1-3,6H2,(H,9,10). The van der Waals surface area contributed by atoms with Crippen LogP contribution in [0, 0.1) is 5.92 Å². The van der Waals surface area contributed by atoms with E-state index in [0.717, 1.165) is 17.6 Å². The Morgan fingerprint density at radius 1 is 1.64 bits per heavy atom. The van der Waals surface area contributed by atoms with E-state index in [0.29, 0.717) is 0 Å². The van der Waals surface area contributed by atoms with E-state index in [-0.39, 0.29) is 0 Å². The smallest absolute Gasteiger partial charge is 0.182 e. The van der Waals surface area contributed by atoms with Crippen LogP contribution >= 0.6 is 11.3 Å². The molecule has 1 aromatic heterocycles. The lowest BCUT2D eigenvalue weighted by Gasteiger charge is -2.25. The molecule has 1 aliphatic carbocycles. The molecule has 1 fully saturated rings. The molecule has 3 heteroatoms. The van der Waals surface area contributed by atoms with E-state index in [4.69, 9.17) is 0 Å². The maximum Gasteiger partial charge on any atom is 0.182 e. The van der Waals surface area contributed by atoms with Gasteiger partial charge in [-0.1, -0.05) is 6.42 Å². The Morgan fingerprint density at radius 3 is 3.09 bits per heavy atom. The average Bonchev–Trinajstić information content (AvgIpc) is 2.36. The molecule has 1 aromatic rings. The summed E-state index contributed by atoms with van der Waals surface area (Å²) in [7, 11) is 0. The van der Waals surface area contributed by atoms with E-state index in [1.54, 1.807) is 11.3 Å². The van der Waals surface area contributed by atoms with Crippen LogP contribution in [0.25, 0.3) is 0 Å². The molecule has 0 saturated heterocycles. The first-order chi connectivity index (χ1) is 5.45. The normalized spacial score (nSPS) is 17.8. The Morgan fingerprint density at radius 2 is 2.55 bits per heavy atom. The van der Waals surface area contributed by atoms with Gasteiger partial charge in [0.15, 0.2) is 5.13 Å². The summed E-state index contributed by atoms with van der Waals surface area (Å²) in [5.74, 6) is 0.916. The minimum atomic E-state index is 0.916. The van der Waals surface area contributed by atoms with Crippen LogP contribution in [-0.4, -0.2) is 11.5 Å². The van der Waals surface area contributed by atoms with E-state index in [9.17, 15) is 0 Å². The van der Waals surface area contributed by atoms with Crippen molar-refractivity contribution in [2.45, 2.75) is 19.3 Å². The Bertz CT molecular complexity index is 204. The van der Waals surface area contributed by atoms with Gasteiger partial charge >= 0.3 is 0 Å². The zero-order valence-electron chi connectivity index (χ0n) is 6.42. The molecule has 0 bridgehead atoms. The number of anilines is 1. The lowest BCUT2D eigenvalue weighted by molar-refractivity contribution is 0.333. The average molecular weight is 168 g/mol. The van der Waals surface area contributed by atoms with Gasteiger partial charge in [0.1, 0.15) is 0 Å². The van der Waals surface area contributed by atoms with E-state index >= 15 is 0 Å². The Labute approximate surface area is 70.7 Å². The summed E-state index contributed by atoms with van der Waals surface area (Å²) in [5, 5.41) is 6.40. The summed E-state index contributed by atoms with van der Waals surface area (Å²) in [6.45, 7) is 1.12. The molecular formula is C8H12N2S. The third-order valence-corrected chi connectivity index (χ3v) is 2.93. The van der Waals surface area contributed by atoms with Gasteiger partial charge in [0.05, 0.1) is 0 Å². The minimum absolute atomic E-state index is 0.916. The monoisotopic (exact) mass is 168 g/mol. The Kier molecular flexibility index (Phi) is 2.08. The van der Waals surface area contributed by atoms with Crippen molar-refractivity contribution in [3.8, 4) is 0 Å². The van der Waals surface area contributed by atoms with Gasteiger partial charge in [-0.15, -0.1) is 11.3 Å². The number of hydrogen-bond donors (Lipinski definition) is 1. The number of nitrogens with zero attached hydrogens (tertiary/aromatic N) is 1. The zero-order valence-corrected chi connectivity index (χ0v) is 7.23. The van der Waals surface area contributed by atoms with Gasteiger partial charge in [0.2, 0.25) is 0 Å². The fourth-order valence-corrected chi connectivity index (χ4v) is 1.78. The maximum atomic E-state index is 4.15. The van der Waals surface area contributed by atoms with E-state index in [2.05, 4.69) is 10.3 Å². The van der Waals surface area contributed by atoms with E-state index < -0.39 is 0 Å². The molecule has 0 aromatic carbocycles. The number of nitrogens with one attached hydrogen (secondary N) is 1. The molecule has 0 radical (unpaired) electrons. The van der Waals surface area contributed by atoms with Crippen molar-refractivity contribution in [1.82, 2.24) is 4.98 Å². The topological polar surface area (TPSA) is 24.9 Å². The van der Waals surface area contributed by atoms with Gasteiger partial charge in [-0.25, -0.2) is 4.98 Å². The quantitative estimate of drug-likeness (QED) is 0.749. The van der Waals surface area contributed by atoms with Crippen LogP contribution in [-0.2, 0) is 0 Å². The Hall–Kier alpha value is -0.570. The van der Waals surface area contributed by atoms with Crippen molar-refractivity contribution >= 4 is 16.5 Å². The summed E-state index contributed by atoms with van der Waals surface area (Å²) >= 11 is 1.68. The van der Waals surface area contributed by atoms with Crippen LogP contribution in [0.15, 0.2) is 11.6 Å². The molecule has 1 aliphatic rings. The predicted molar refractivity (Wildman–Crippen MR) is 47.9 cm³/mol. The van der Waals surface area contributed by atoms with Gasteiger partial charge in [0.25, 0.3) is 0 Å². The lowest BCUT2D eigenvalue weighted by Crippen LogP contribution is -2.20. The van der Waals surface area contributed by atoms with Crippen LogP contribution < -0.4 is 5.32 Å². The largest absolute Gasteiger partial charge is 0.361 e. The molecule has 0 atom stereocenters. The van der Waals surface area contributed by atoms with Crippen LogP contribution in [0.2, 0.25) is 0 Å². The minimum Gasteiger partial charge on any atom is -0.361 e. The van der Waals surface area contributed by atoms with Gasteiger partial charge < -0.3 is 5.32 Å². The van der Waals surface area contributed by atoms with Gasteiger partial charge in [-0.05, 0) is 18.8 Å². The third kappa shape index (κ3) is 1.71. The first-order valence-electron chi connectivity index (χ1n) is 4.08. The summed E-state index contributed by atoms with van der Waals surface area (Å²) in [6.07, 6.45) is 6.06. The van der Waals surface area contributed by atoms with Crippen molar-refractivity contribution in [2.75, 3.05) is 11.9 Å². The Balaban J connectivity index is 1.74. The first kappa shape index (κ1) is 7.10. The number of aromatic nitrogens is 1. The van der Waals surface area contributed by atoms with Crippen molar-refractivity contribution in [2.24, 2.45) is 5.92 Å². The summed E-state index contributed by atoms with van der Waals surface area (Å²) in [6, 6.07) is 0. The highest BCUT2D eigenvalue weighted by atomic mass is 32.1.